The summed E-state index contributed by atoms with van der Waals surface area (Å²) in [6.07, 6.45) is 4.16. The Balaban J connectivity index is 2.06. The first kappa shape index (κ1) is 22.5. The fourth-order valence-corrected chi connectivity index (χ4v) is 4.31. The fraction of sp³-hybridized carbons (Fsp3) is 0.462. The van der Waals surface area contributed by atoms with E-state index in [0.29, 0.717) is 5.52 Å². The number of anilines is 1. The molecule has 4 aromatic rings. The molecular weight excluding hydrogens is 401 g/mol. The number of hydrogen-bond donors (Lipinski definition) is 2. The van der Waals surface area contributed by atoms with Crippen LogP contribution in [0.15, 0.2) is 30.3 Å². The largest absolute Gasteiger partial charge is 0.385 e. The molecule has 4 rings (SSSR count). The van der Waals surface area contributed by atoms with E-state index in [2.05, 4.69) is 56.5 Å². The van der Waals surface area contributed by atoms with E-state index in [1.807, 2.05) is 0 Å². The van der Waals surface area contributed by atoms with Gasteiger partial charge in [0.15, 0.2) is 0 Å². The fourth-order valence-electron chi connectivity index (χ4n) is 4.31. The van der Waals surface area contributed by atoms with Crippen LogP contribution in [0, 0.1) is 5.82 Å². The molecule has 0 aliphatic carbocycles. The van der Waals surface area contributed by atoms with Gasteiger partial charge in [-0.05, 0) is 42.7 Å². The van der Waals surface area contributed by atoms with Gasteiger partial charge in [0, 0.05) is 35.1 Å². The molecule has 2 aromatic carbocycles. The average molecular weight is 436 g/mol. The van der Waals surface area contributed by atoms with Crippen molar-refractivity contribution in [3.63, 3.8) is 0 Å². The maximum absolute atomic E-state index is 14.0. The Hall–Kier alpha value is -2.73. The summed E-state index contributed by atoms with van der Waals surface area (Å²) in [5.41, 5.74) is 11.8. The van der Waals surface area contributed by atoms with Crippen molar-refractivity contribution < 1.29 is 4.39 Å². The zero-order valence-corrected chi connectivity index (χ0v) is 19.8. The first-order valence-electron chi connectivity index (χ1n) is 11.7. The second kappa shape index (κ2) is 8.66. The molecule has 0 spiro atoms. The SMILES string of the molecule is CCCCNc1cc2nc3c4ccc(F)cc4nc(C(C)(C)C)n3c2cc1C(N)CCC. The summed E-state index contributed by atoms with van der Waals surface area (Å²) >= 11 is 0. The molecule has 0 saturated heterocycles. The molecule has 1 atom stereocenters. The van der Waals surface area contributed by atoms with Crippen LogP contribution in [-0.2, 0) is 5.41 Å². The normalized spacial score (nSPS) is 13.3. The topological polar surface area (TPSA) is 68.2 Å². The Bertz CT molecular complexity index is 1270. The highest BCUT2D eigenvalue weighted by Gasteiger charge is 2.25. The summed E-state index contributed by atoms with van der Waals surface area (Å²) in [5.74, 6) is 0.565. The van der Waals surface area contributed by atoms with Crippen LogP contribution in [0.1, 0.15) is 77.7 Å². The molecule has 0 fully saturated rings. The molecule has 0 saturated carbocycles. The number of aromatic nitrogens is 3. The highest BCUT2D eigenvalue weighted by atomic mass is 19.1. The van der Waals surface area contributed by atoms with E-state index >= 15 is 0 Å². The number of imidazole rings is 1. The van der Waals surface area contributed by atoms with Crippen molar-refractivity contribution in [3.05, 3.63) is 47.5 Å². The van der Waals surface area contributed by atoms with E-state index in [1.165, 1.54) is 12.1 Å². The molecule has 32 heavy (non-hydrogen) atoms. The van der Waals surface area contributed by atoms with Gasteiger partial charge >= 0.3 is 0 Å². The quantitative estimate of drug-likeness (QED) is 0.326. The second-order valence-electron chi connectivity index (χ2n) is 9.72. The van der Waals surface area contributed by atoms with E-state index in [4.69, 9.17) is 15.7 Å². The molecule has 0 radical (unpaired) electrons. The number of rotatable bonds is 7. The molecule has 5 nitrogen and oxygen atoms in total. The van der Waals surface area contributed by atoms with Gasteiger partial charge in [0.05, 0.1) is 16.6 Å². The van der Waals surface area contributed by atoms with Crippen molar-refractivity contribution >= 4 is 33.3 Å². The summed E-state index contributed by atoms with van der Waals surface area (Å²) in [7, 11) is 0. The zero-order chi connectivity index (χ0) is 23.0. The third-order valence-electron chi connectivity index (χ3n) is 5.98. The van der Waals surface area contributed by atoms with Crippen LogP contribution in [0.4, 0.5) is 10.1 Å². The maximum atomic E-state index is 14.0. The number of nitrogens with one attached hydrogen (secondary N) is 1. The van der Waals surface area contributed by atoms with E-state index in [9.17, 15) is 4.39 Å². The first-order chi connectivity index (χ1) is 15.2. The third kappa shape index (κ3) is 4.04. The van der Waals surface area contributed by atoms with Crippen LogP contribution in [0.5, 0.6) is 0 Å². The molecule has 1 unspecified atom stereocenters. The lowest BCUT2D eigenvalue weighted by Crippen LogP contribution is -2.19. The minimum Gasteiger partial charge on any atom is -0.385 e. The van der Waals surface area contributed by atoms with Crippen molar-refractivity contribution in [2.75, 3.05) is 11.9 Å². The van der Waals surface area contributed by atoms with Gasteiger partial charge in [-0.25, -0.2) is 14.4 Å². The zero-order valence-electron chi connectivity index (χ0n) is 19.8. The molecule has 0 aliphatic heterocycles. The van der Waals surface area contributed by atoms with Crippen molar-refractivity contribution in [1.29, 1.82) is 0 Å². The Morgan fingerprint density at radius 3 is 2.53 bits per heavy atom. The van der Waals surface area contributed by atoms with Crippen LogP contribution in [0.2, 0.25) is 0 Å². The Morgan fingerprint density at radius 2 is 1.84 bits per heavy atom. The smallest absolute Gasteiger partial charge is 0.148 e. The summed E-state index contributed by atoms with van der Waals surface area (Å²) in [6.45, 7) is 11.6. The van der Waals surface area contributed by atoms with E-state index < -0.39 is 0 Å². The third-order valence-corrected chi connectivity index (χ3v) is 5.98. The van der Waals surface area contributed by atoms with Gasteiger partial charge in [0.2, 0.25) is 0 Å². The van der Waals surface area contributed by atoms with Crippen molar-refractivity contribution in [1.82, 2.24) is 14.4 Å². The second-order valence-corrected chi connectivity index (χ2v) is 9.72. The number of nitrogens with two attached hydrogens (primary N) is 1. The van der Waals surface area contributed by atoms with Crippen molar-refractivity contribution in [2.24, 2.45) is 5.73 Å². The number of halogens is 1. The predicted octanol–water partition coefficient (Wildman–Crippen LogP) is 6.48. The molecule has 3 N–H and O–H groups in total. The lowest BCUT2D eigenvalue weighted by atomic mass is 9.95. The van der Waals surface area contributed by atoms with Crippen LogP contribution < -0.4 is 11.1 Å². The molecule has 0 amide bonds. The predicted molar refractivity (Wildman–Crippen MR) is 132 cm³/mol. The van der Waals surface area contributed by atoms with Gasteiger partial charge in [-0.1, -0.05) is 47.5 Å². The first-order valence-corrected chi connectivity index (χ1v) is 11.7. The minimum atomic E-state index is -0.291. The van der Waals surface area contributed by atoms with Crippen molar-refractivity contribution in [2.45, 2.75) is 71.8 Å². The maximum Gasteiger partial charge on any atom is 0.148 e. The molecule has 0 aliphatic rings. The van der Waals surface area contributed by atoms with Crippen molar-refractivity contribution in [3.8, 4) is 0 Å². The Labute approximate surface area is 189 Å². The number of nitrogens with zero attached hydrogens (tertiary/aromatic N) is 3. The van der Waals surface area contributed by atoms with Gasteiger partial charge in [-0.3, -0.25) is 4.40 Å². The van der Waals surface area contributed by atoms with Crippen LogP contribution in [0.25, 0.3) is 27.6 Å². The monoisotopic (exact) mass is 435 g/mol. The number of hydrogen-bond acceptors (Lipinski definition) is 4. The Kier molecular flexibility index (Phi) is 6.08. The Morgan fingerprint density at radius 1 is 1.06 bits per heavy atom. The molecule has 6 heteroatoms. The van der Waals surface area contributed by atoms with Crippen LogP contribution in [-0.4, -0.2) is 20.9 Å². The molecule has 2 heterocycles. The summed E-state index contributed by atoms with van der Waals surface area (Å²) in [4.78, 5) is 9.89. The summed E-state index contributed by atoms with van der Waals surface area (Å²) in [5, 5.41) is 4.43. The van der Waals surface area contributed by atoms with Gasteiger partial charge in [-0.15, -0.1) is 0 Å². The lowest BCUT2D eigenvalue weighted by molar-refractivity contribution is 0.542. The highest BCUT2D eigenvalue weighted by Crippen LogP contribution is 2.35. The van der Waals surface area contributed by atoms with Gasteiger partial charge < -0.3 is 11.1 Å². The lowest BCUT2D eigenvalue weighted by Gasteiger charge is -2.21. The van der Waals surface area contributed by atoms with Crippen LogP contribution in [0.3, 0.4) is 0 Å². The van der Waals surface area contributed by atoms with Gasteiger partial charge in [-0.2, -0.15) is 0 Å². The molecule has 170 valence electrons. The number of unbranched alkanes of at least 4 members (excludes halogenated alkanes) is 1. The molecular formula is C26H34FN5. The molecule has 2 aromatic heterocycles. The van der Waals surface area contributed by atoms with E-state index in [1.54, 1.807) is 6.07 Å². The standard InChI is InChI=1S/C26H34FN5/c1-6-8-12-29-20-15-22-23(14-18(20)19(28)9-7-2)32-24(30-22)17-11-10-16(27)13-21(17)31-25(32)26(3,4)5/h10-11,13-15,19,29H,6-9,12,28H2,1-5H3. The summed E-state index contributed by atoms with van der Waals surface area (Å²) < 4.78 is 16.1. The average Bonchev–Trinajstić information content (AvgIpc) is 3.10. The number of benzene rings is 2. The van der Waals surface area contributed by atoms with Gasteiger partial charge in [0.25, 0.3) is 0 Å². The minimum absolute atomic E-state index is 0.0559. The van der Waals surface area contributed by atoms with Crippen LogP contribution >= 0.6 is 0 Å². The van der Waals surface area contributed by atoms with E-state index in [0.717, 1.165) is 71.4 Å². The number of fused-ring (bicyclic) bond motifs is 5. The van der Waals surface area contributed by atoms with Gasteiger partial charge in [0.1, 0.15) is 17.3 Å². The summed E-state index contributed by atoms with van der Waals surface area (Å²) in [6, 6.07) is 8.97. The highest BCUT2D eigenvalue weighted by molar-refractivity contribution is 5.97. The van der Waals surface area contributed by atoms with E-state index in [-0.39, 0.29) is 17.3 Å². The molecule has 0 bridgehead atoms.